The molecule has 0 aliphatic rings. The molecular weight excluding hydrogens is 262 g/mol. The van der Waals surface area contributed by atoms with Crippen molar-refractivity contribution in [1.29, 1.82) is 0 Å². The highest BCUT2D eigenvalue weighted by Gasteiger charge is 2.23. The lowest BCUT2D eigenvalue weighted by molar-refractivity contribution is -0.126. The van der Waals surface area contributed by atoms with Crippen molar-refractivity contribution >= 4 is 28.3 Å². The molecule has 2 amide bonds. The Morgan fingerprint density at radius 2 is 1.89 bits per heavy atom. The number of carbonyl (C=O) groups is 2. The third-order valence-corrected chi connectivity index (χ3v) is 3.43. The predicted molar refractivity (Wildman–Crippen MR) is 77.3 cm³/mol. The van der Waals surface area contributed by atoms with E-state index in [4.69, 9.17) is 0 Å². The summed E-state index contributed by atoms with van der Waals surface area (Å²) in [6, 6.07) is -0.538. The molecule has 0 saturated heterocycles. The molecule has 106 valence electrons. The minimum atomic E-state index is -0.538. The van der Waals surface area contributed by atoms with Crippen LogP contribution in [0.3, 0.4) is 0 Å². The molecular formula is C13H21N3O2S. The fraction of sp³-hybridized carbons (Fsp3) is 0.615. The Morgan fingerprint density at radius 3 is 2.32 bits per heavy atom. The zero-order valence-electron chi connectivity index (χ0n) is 12.0. The van der Waals surface area contributed by atoms with Gasteiger partial charge >= 0.3 is 0 Å². The molecule has 1 aromatic heterocycles. The number of hydrogen-bond donors (Lipinski definition) is 2. The molecule has 1 aromatic rings. The first kappa shape index (κ1) is 15.6. The van der Waals surface area contributed by atoms with Gasteiger partial charge < -0.3 is 10.6 Å². The van der Waals surface area contributed by atoms with Gasteiger partial charge in [0.15, 0.2) is 5.13 Å². The smallest absolute Gasteiger partial charge is 0.248 e. The number of anilines is 1. The molecule has 1 unspecified atom stereocenters. The van der Waals surface area contributed by atoms with Crippen molar-refractivity contribution in [2.45, 2.75) is 46.6 Å². The number of rotatable bonds is 5. The molecule has 0 bridgehead atoms. The average Bonchev–Trinajstić information content (AvgIpc) is 2.73. The van der Waals surface area contributed by atoms with Gasteiger partial charge in [-0.05, 0) is 11.8 Å². The molecule has 0 aliphatic carbocycles. The molecule has 0 spiro atoms. The maximum atomic E-state index is 12.1. The number of hydrogen-bond acceptors (Lipinski definition) is 4. The lowest BCUT2D eigenvalue weighted by Crippen LogP contribution is -2.46. The first-order chi connectivity index (χ1) is 8.81. The van der Waals surface area contributed by atoms with Crippen LogP contribution < -0.4 is 10.6 Å². The van der Waals surface area contributed by atoms with Crippen molar-refractivity contribution in [1.82, 2.24) is 10.3 Å². The largest absolute Gasteiger partial charge is 0.344 e. The quantitative estimate of drug-likeness (QED) is 0.871. The Hall–Kier alpha value is -1.43. The second kappa shape index (κ2) is 6.65. The monoisotopic (exact) mass is 283 g/mol. The van der Waals surface area contributed by atoms with Gasteiger partial charge in [-0.15, -0.1) is 11.3 Å². The molecule has 1 rings (SSSR count). The van der Waals surface area contributed by atoms with Crippen molar-refractivity contribution in [2.75, 3.05) is 5.32 Å². The van der Waals surface area contributed by atoms with Crippen molar-refractivity contribution in [3.8, 4) is 0 Å². The Bertz CT molecular complexity index is 454. The summed E-state index contributed by atoms with van der Waals surface area (Å²) in [7, 11) is 0. The maximum Gasteiger partial charge on any atom is 0.248 e. The summed E-state index contributed by atoms with van der Waals surface area (Å²) in [6.07, 6.45) is 0. The van der Waals surface area contributed by atoms with E-state index in [1.165, 1.54) is 18.3 Å². The Kier molecular flexibility index (Phi) is 5.47. The molecule has 0 saturated carbocycles. The van der Waals surface area contributed by atoms with Gasteiger partial charge in [0.05, 0.1) is 5.69 Å². The van der Waals surface area contributed by atoms with Gasteiger partial charge in [0.25, 0.3) is 0 Å². The second-order valence-electron chi connectivity index (χ2n) is 5.14. The minimum absolute atomic E-state index is 0.0217. The molecule has 2 N–H and O–H groups in total. The Morgan fingerprint density at radius 1 is 1.26 bits per heavy atom. The van der Waals surface area contributed by atoms with E-state index >= 15 is 0 Å². The number of nitrogens with one attached hydrogen (secondary N) is 2. The predicted octanol–water partition coefficient (Wildman–Crippen LogP) is 2.37. The molecule has 6 heteroatoms. The summed E-state index contributed by atoms with van der Waals surface area (Å²) >= 11 is 1.40. The lowest BCUT2D eigenvalue weighted by Gasteiger charge is -2.20. The minimum Gasteiger partial charge on any atom is -0.344 e. The van der Waals surface area contributed by atoms with Crippen LogP contribution in [0, 0.1) is 5.92 Å². The van der Waals surface area contributed by atoms with Gasteiger partial charge in [0.2, 0.25) is 11.8 Å². The van der Waals surface area contributed by atoms with E-state index in [1.54, 1.807) is 0 Å². The van der Waals surface area contributed by atoms with E-state index in [1.807, 2.05) is 19.2 Å². The van der Waals surface area contributed by atoms with Crippen LogP contribution in [0.15, 0.2) is 5.38 Å². The summed E-state index contributed by atoms with van der Waals surface area (Å²) in [5, 5.41) is 7.92. The number of nitrogens with zero attached hydrogens (tertiary/aromatic N) is 1. The van der Waals surface area contributed by atoms with Crippen LogP contribution in [-0.2, 0) is 9.59 Å². The fourth-order valence-corrected chi connectivity index (χ4v) is 2.42. The van der Waals surface area contributed by atoms with Crippen LogP contribution in [0.1, 0.15) is 46.2 Å². The maximum absolute atomic E-state index is 12.1. The van der Waals surface area contributed by atoms with Gasteiger partial charge in [-0.3, -0.25) is 9.59 Å². The molecule has 0 aromatic carbocycles. The average molecular weight is 283 g/mol. The highest BCUT2D eigenvalue weighted by molar-refractivity contribution is 7.13. The zero-order valence-corrected chi connectivity index (χ0v) is 12.8. The van der Waals surface area contributed by atoms with Gasteiger partial charge in [-0.25, -0.2) is 4.98 Å². The van der Waals surface area contributed by atoms with Crippen LogP contribution >= 0.6 is 11.3 Å². The molecule has 1 heterocycles. The second-order valence-corrected chi connectivity index (χ2v) is 6.00. The normalized spacial score (nSPS) is 12.6. The first-order valence-corrected chi connectivity index (χ1v) is 7.22. The van der Waals surface area contributed by atoms with E-state index in [2.05, 4.69) is 29.5 Å². The van der Waals surface area contributed by atoms with Gasteiger partial charge in [0, 0.05) is 12.3 Å². The Balaban J connectivity index is 2.72. The molecule has 19 heavy (non-hydrogen) atoms. The summed E-state index contributed by atoms with van der Waals surface area (Å²) in [6.45, 7) is 9.29. The summed E-state index contributed by atoms with van der Waals surface area (Å²) < 4.78 is 0. The molecule has 1 atom stereocenters. The van der Waals surface area contributed by atoms with Crippen molar-refractivity contribution < 1.29 is 9.59 Å². The highest BCUT2D eigenvalue weighted by Crippen LogP contribution is 2.21. The van der Waals surface area contributed by atoms with Crippen molar-refractivity contribution in [2.24, 2.45) is 5.92 Å². The van der Waals surface area contributed by atoms with Crippen LogP contribution in [-0.4, -0.2) is 22.8 Å². The lowest BCUT2D eigenvalue weighted by atomic mass is 10.0. The molecule has 0 radical (unpaired) electrons. The van der Waals surface area contributed by atoms with Crippen molar-refractivity contribution in [3.63, 3.8) is 0 Å². The van der Waals surface area contributed by atoms with E-state index in [0.717, 1.165) is 5.69 Å². The van der Waals surface area contributed by atoms with Crippen LogP contribution in [0.2, 0.25) is 0 Å². The molecule has 5 nitrogen and oxygen atoms in total. The van der Waals surface area contributed by atoms with Gasteiger partial charge in [-0.1, -0.05) is 27.7 Å². The SMILES string of the molecule is CC(=O)NC(C(=O)Nc1nc(C(C)C)cs1)C(C)C. The fourth-order valence-electron chi connectivity index (χ4n) is 1.55. The number of aromatic nitrogens is 1. The van der Waals surface area contributed by atoms with E-state index in [9.17, 15) is 9.59 Å². The Labute approximate surface area is 117 Å². The topological polar surface area (TPSA) is 71.1 Å². The van der Waals surface area contributed by atoms with E-state index < -0.39 is 6.04 Å². The summed E-state index contributed by atoms with van der Waals surface area (Å²) in [5.41, 5.74) is 0.959. The number of carbonyl (C=O) groups excluding carboxylic acids is 2. The highest BCUT2D eigenvalue weighted by atomic mass is 32.1. The van der Waals surface area contributed by atoms with Crippen molar-refractivity contribution in [3.05, 3.63) is 11.1 Å². The first-order valence-electron chi connectivity index (χ1n) is 6.34. The van der Waals surface area contributed by atoms with Crippen LogP contribution in [0.5, 0.6) is 0 Å². The third-order valence-electron chi connectivity index (χ3n) is 2.65. The summed E-state index contributed by atoms with van der Waals surface area (Å²) in [5.74, 6) is -0.0858. The van der Waals surface area contributed by atoms with Crippen LogP contribution in [0.4, 0.5) is 5.13 Å². The zero-order chi connectivity index (χ0) is 14.6. The standard InChI is InChI=1S/C13H21N3O2S/c1-7(2)10-6-19-13(15-10)16-12(18)11(8(3)4)14-9(5)17/h6-8,11H,1-5H3,(H,14,17)(H,15,16,18). The van der Waals surface area contributed by atoms with Crippen LogP contribution in [0.25, 0.3) is 0 Å². The summed E-state index contributed by atoms with van der Waals surface area (Å²) in [4.78, 5) is 27.6. The third kappa shape index (κ3) is 4.63. The van der Waals surface area contributed by atoms with Gasteiger partial charge in [0.1, 0.15) is 6.04 Å². The van der Waals surface area contributed by atoms with Gasteiger partial charge in [-0.2, -0.15) is 0 Å². The number of thiazole rings is 1. The molecule has 0 aliphatic heterocycles. The van der Waals surface area contributed by atoms with E-state index in [-0.39, 0.29) is 17.7 Å². The molecule has 0 fully saturated rings. The number of amides is 2. The van der Waals surface area contributed by atoms with E-state index in [0.29, 0.717) is 11.0 Å².